The highest BCUT2D eigenvalue weighted by atomic mass is 16.4. The third kappa shape index (κ3) is 19.3. The molecule has 0 aromatic rings. The molecule has 0 heterocycles. The van der Waals surface area contributed by atoms with E-state index in [0.717, 1.165) is 25.7 Å². The number of nitrogens with zero attached hydrogens (tertiary/aromatic N) is 1. The molecular weight excluding hydrogens is 364 g/mol. The van der Waals surface area contributed by atoms with E-state index in [1.54, 1.807) is 0 Å². The summed E-state index contributed by atoms with van der Waals surface area (Å²) >= 11 is 0. The van der Waals surface area contributed by atoms with E-state index < -0.39 is 6.09 Å². The number of hydrogen-bond donors (Lipinski definition) is 2. The molecule has 0 atom stereocenters. The molecule has 0 aromatic heterocycles. The maximum absolute atomic E-state index is 11.3. The Hall–Kier alpha value is -1.78. The fourth-order valence-electron chi connectivity index (χ4n) is 3.14. The summed E-state index contributed by atoms with van der Waals surface area (Å²) < 4.78 is 0. The van der Waals surface area contributed by atoms with Gasteiger partial charge in [-0.25, -0.2) is 4.79 Å². The van der Waals surface area contributed by atoms with E-state index in [9.17, 15) is 9.59 Å². The molecule has 0 spiro atoms. The fraction of sp³-hybridized carbons (Fsp3) is 0.750. The molecule has 0 saturated heterocycles. The molecule has 0 bridgehead atoms. The number of hydrogen-bond acceptors (Lipinski definition) is 2. The van der Waals surface area contributed by atoms with E-state index in [1.807, 2.05) is 0 Å². The number of unbranched alkanes of at least 4 members (excludes halogenated alkanes) is 11. The van der Waals surface area contributed by atoms with Gasteiger partial charge in [0, 0.05) is 13.6 Å². The minimum Gasteiger partial charge on any atom is -0.465 e. The highest BCUT2D eigenvalue weighted by Crippen LogP contribution is 2.10. The van der Waals surface area contributed by atoms with Crippen LogP contribution in [0.5, 0.6) is 0 Å². The van der Waals surface area contributed by atoms with Crippen molar-refractivity contribution in [1.82, 2.24) is 10.2 Å². The van der Waals surface area contributed by atoms with Gasteiger partial charge in [0.2, 0.25) is 5.91 Å². The Labute approximate surface area is 178 Å². The van der Waals surface area contributed by atoms with E-state index in [4.69, 9.17) is 5.11 Å². The average Bonchev–Trinajstić information content (AvgIpc) is 2.71. The molecule has 0 unspecified atom stereocenters. The minimum atomic E-state index is -1.02. The largest absolute Gasteiger partial charge is 0.465 e. The quantitative estimate of drug-likeness (QED) is 0.194. The molecule has 0 aromatic carbocycles. The van der Waals surface area contributed by atoms with Gasteiger partial charge in [0.1, 0.15) is 6.54 Å². The predicted molar refractivity (Wildman–Crippen MR) is 122 cm³/mol. The summed E-state index contributed by atoms with van der Waals surface area (Å²) in [7, 11) is 1.52. The van der Waals surface area contributed by atoms with Crippen LogP contribution in [0.3, 0.4) is 0 Å². The molecule has 0 saturated carbocycles. The van der Waals surface area contributed by atoms with Crippen molar-refractivity contribution in [3.05, 3.63) is 24.3 Å². The van der Waals surface area contributed by atoms with Crippen molar-refractivity contribution in [2.75, 3.05) is 20.1 Å². The normalized spacial score (nSPS) is 11.4. The van der Waals surface area contributed by atoms with Crippen LogP contribution in [-0.2, 0) is 4.79 Å². The molecule has 0 fully saturated rings. The van der Waals surface area contributed by atoms with Crippen LogP contribution in [-0.4, -0.2) is 42.1 Å². The second-order valence-electron chi connectivity index (χ2n) is 7.67. The third-order valence-electron chi connectivity index (χ3n) is 5.01. The van der Waals surface area contributed by atoms with Crippen molar-refractivity contribution in [3.8, 4) is 0 Å². The molecule has 2 N–H and O–H groups in total. The van der Waals surface area contributed by atoms with Gasteiger partial charge < -0.3 is 10.4 Å². The zero-order valence-electron chi connectivity index (χ0n) is 18.8. The van der Waals surface area contributed by atoms with Gasteiger partial charge in [0.05, 0.1) is 0 Å². The number of carbonyl (C=O) groups is 2. The zero-order chi connectivity index (χ0) is 21.6. The smallest absolute Gasteiger partial charge is 0.407 e. The van der Waals surface area contributed by atoms with Crippen LogP contribution >= 0.6 is 0 Å². The predicted octanol–water partition coefficient (Wildman–Crippen LogP) is 6.31. The lowest BCUT2D eigenvalue weighted by molar-refractivity contribution is -0.121. The van der Waals surface area contributed by atoms with Crippen LogP contribution in [0, 0.1) is 0 Å². The Morgan fingerprint density at radius 1 is 0.793 bits per heavy atom. The maximum atomic E-state index is 11.3. The summed E-state index contributed by atoms with van der Waals surface area (Å²) in [6.07, 6.45) is 24.8. The van der Waals surface area contributed by atoms with Gasteiger partial charge in [-0.15, -0.1) is 0 Å². The number of amides is 2. The number of carbonyl (C=O) groups excluding carboxylic acids is 1. The van der Waals surface area contributed by atoms with Gasteiger partial charge in [-0.05, 0) is 38.5 Å². The van der Waals surface area contributed by atoms with Crippen LogP contribution in [0.1, 0.15) is 96.8 Å². The first-order valence-corrected chi connectivity index (χ1v) is 11.6. The number of rotatable bonds is 19. The topological polar surface area (TPSA) is 69.6 Å². The number of allylic oxidation sites excluding steroid dienone is 4. The van der Waals surface area contributed by atoms with Gasteiger partial charge in [-0.3, -0.25) is 9.69 Å². The van der Waals surface area contributed by atoms with Crippen molar-refractivity contribution in [1.29, 1.82) is 0 Å². The van der Waals surface area contributed by atoms with E-state index in [1.165, 1.54) is 76.2 Å². The Bertz CT molecular complexity index is 461. The molecule has 5 heteroatoms. The van der Waals surface area contributed by atoms with Gasteiger partial charge in [0.15, 0.2) is 0 Å². The molecule has 0 rings (SSSR count). The maximum Gasteiger partial charge on any atom is 0.407 e. The lowest BCUT2D eigenvalue weighted by Crippen LogP contribution is -2.39. The second kappa shape index (κ2) is 20.9. The van der Waals surface area contributed by atoms with Gasteiger partial charge >= 0.3 is 6.09 Å². The van der Waals surface area contributed by atoms with Crippen molar-refractivity contribution in [3.63, 3.8) is 0 Å². The molecule has 29 heavy (non-hydrogen) atoms. The third-order valence-corrected chi connectivity index (χ3v) is 5.01. The summed E-state index contributed by atoms with van der Waals surface area (Å²) in [5.74, 6) is -0.263. The molecule has 2 amide bonds. The van der Waals surface area contributed by atoms with Crippen molar-refractivity contribution >= 4 is 12.0 Å². The van der Waals surface area contributed by atoms with E-state index in [0.29, 0.717) is 6.54 Å². The molecule has 0 aliphatic carbocycles. The van der Waals surface area contributed by atoms with Crippen molar-refractivity contribution in [2.24, 2.45) is 0 Å². The van der Waals surface area contributed by atoms with Crippen LogP contribution in [0.15, 0.2) is 24.3 Å². The summed E-state index contributed by atoms with van der Waals surface area (Å²) in [5, 5.41) is 11.6. The Morgan fingerprint density at radius 2 is 1.31 bits per heavy atom. The first-order chi connectivity index (χ1) is 14.1. The van der Waals surface area contributed by atoms with Gasteiger partial charge in [-0.1, -0.05) is 82.6 Å². The zero-order valence-corrected chi connectivity index (χ0v) is 18.8. The summed E-state index contributed by atoms with van der Waals surface area (Å²) in [4.78, 5) is 23.6. The number of likely N-dealkylation sites (N-methyl/N-ethyl adjacent to an activating group) is 1. The lowest BCUT2D eigenvalue weighted by atomic mass is 10.1. The fourth-order valence-corrected chi connectivity index (χ4v) is 3.14. The highest BCUT2D eigenvalue weighted by Gasteiger charge is 2.14. The lowest BCUT2D eigenvalue weighted by Gasteiger charge is -2.17. The SMILES string of the molecule is CCCCC/C=C/C/C=C/CCCCCCCCCCN(CC(=O)NC)C(=O)O. The second-order valence-corrected chi connectivity index (χ2v) is 7.67. The molecule has 0 radical (unpaired) electrons. The van der Waals surface area contributed by atoms with Crippen LogP contribution < -0.4 is 5.32 Å². The standard InChI is InChI=1S/C24H44N2O3/c1-3-4-5-6-7-8-9-10-11-12-13-14-15-16-17-18-19-20-21-26(24(28)29)22-23(27)25-2/h7-8,10-11H,3-6,9,12-22H2,1-2H3,(H,25,27)(H,28,29)/b8-7+,11-10+. The first-order valence-electron chi connectivity index (χ1n) is 11.6. The number of carboxylic acid groups (broad SMARTS) is 1. The molecule has 0 aliphatic heterocycles. The minimum absolute atomic E-state index is 0.0739. The van der Waals surface area contributed by atoms with Gasteiger partial charge in [-0.2, -0.15) is 0 Å². The van der Waals surface area contributed by atoms with Crippen LogP contribution in [0.4, 0.5) is 4.79 Å². The van der Waals surface area contributed by atoms with Crippen molar-refractivity contribution < 1.29 is 14.7 Å². The van der Waals surface area contributed by atoms with E-state index in [-0.39, 0.29) is 12.5 Å². The van der Waals surface area contributed by atoms with Gasteiger partial charge in [0.25, 0.3) is 0 Å². The Kier molecular flexibility index (Phi) is 19.7. The number of nitrogens with one attached hydrogen (secondary N) is 1. The summed E-state index contributed by atoms with van der Waals surface area (Å²) in [6, 6.07) is 0. The summed E-state index contributed by atoms with van der Waals surface area (Å²) in [6.45, 7) is 2.60. The van der Waals surface area contributed by atoms with E-state index in [2.05, 4.69) is 36.5 Å². The van der Waals surface area contributed by atoms with Crippen LogP contribution in [0.2, 0.25) is 0 Å². The molecule has 5 nitrogen and oxygen atoms in total. The summed E-state index contributed by atoms with van der Waals surface area (Å²) in [5.41, 5.74) is 0. The molecule has 168 valence electrons. The molecule has 0 aliphatic rings. The highest BCUT2D eigenvalue weighted by molar-refractivity contribution is 5.81. The Balaban J connectivity index is 3.43. The van der Waals surface area contributed by atoms with Crippen molar-refractivity contribution in [2.45, 2.75) is 96.8 Å². The van der Waals surface area contributed by atoms with Crippen LogP contribution in [0.25, 0.3) is 0 Å². The first kappa shape index (κ1) is 27.2. The monoisotopic (exact) mass is 408 g/mol. The van der Waals surface area contributed by atoms with E-state index >= 15 is 0 Å². The average molecular weight is 409 g/mol. The Morgan fingerprint density at radius 3 is 1.83 bits per heavy atom. The molecular formula is C24H44N2O3.